The molecule has 0 heterocycles. The lowest BCUT2D eigenvalue weighted by molar-refractivity contribution is 0.601. The molecule has 7 heteroatoms. The van der Waals surface area contributed by atoms with Gasteiger partial charge in [0.25, 0.3) is 10.0 Å². The number of hydrogen-bond acceptors (Lipinski definition) is 5. The summed E-state index contributed by atoms with van der Waals surface area (Å²) in [6.07, 6.45) is 0. The van der Waals surface area contributed by atoms with E-state index in [1.807, 2.05) is 12.1 Å². The fraction of sp³-hybridized carbons (Fsp3) is 0. The molecule has 0 spiro atoms. The van der Waals surface area contributed by atoms with Gasteiger partial charge in [0.05, 0.1) is 28.6 Å². The number of benzene rings is 2. The van der Waals surface area contributed by atoms with Crippen LogP contribution in [-0.2, 0) is 10.0 Å². The Morgan fingerprint density at radius 2 is 1.76 bits per heavy atom. The van der Waals surface area contributed by atoms with Gasteiger partial charge < -0.3 is 5.73 Å². The van der Waals surface area contributed by atoms with Crippen molar-refractivity contribution in [2.45, 2.75) is 4.90 Å². The summed E-state index contributed by atoms with van der Waals surface area (Å²) in [4.78, 5) is -0.128. The maximum absolute atomic E-state index is 12.3. The minimum Gasteiger partial charge on any atom is -0.397 e. The van der Waals surface area contributed by atoms with Gasteiger partial charge in [-0.2, -0.15) is 10.5 Å². The Bertz CT molecular complexity index is 877. The average Bonchev–Trinajstić information content (AvgIpc) is 2.49. The van der Waals surface area contributed by atoms with Crippen molar-refractivity contribution in [3.8, 4) is 12.1 Å². The van der Waals surface area contributed by atoms with Crippen LogP contribution in [0.25, 0.3) is 0 Å². The highest BCUT2D eigenvalue weighted by Crippen LogP contribution is 2.24. The van der Waals surface area contributed by atoms with E-state index < -0.39 is 10.0 Å². The van der Waals surface area contributed by atoms with Gasteiger partial charge in [-0.25, -0.2) is 8.42 Å². The van der Waals surface area contributed by atoms with Crippen LogP contribution in [0.2, 0.25) is 0 Å². The average molecular weight is 298 g/mol. The van der Waals surface area contributed by atoms with E-state index in [1.165, 1.54) is 36.4 Å². The van der Waals surface area contributed by atoms with E-state index in [0.29, 0.717) is 5.56 Å². The zero-order chi connectivity index (χ0) is 15.5. The Balaban J connectivity index is 2.44. The Labute approximate surface area is 122 Å². The van der Waals surface area contributed by atoms with Gasteiger partial charge >= 0.3 is 0 Å². The third-order valence-electron chi connectivity index (χ3n) is 2.72. The van der Waals surface area contributed by atoms with Crippen LogP contribution in [0.3, 0.4) is 0 Å². The molecule has 0 amide bonds. The van der Waals surface area contributed by atoms with Gasteiger partial charge in [0, 0.05) is 0 Å². The van der Waals surface area contributed by atoms with Crippen LogP contribution < -0.4 is 10.5 Å². The van der Waals surface area contributed by atoms with Crippen LogP contribution in [-0.4, -0.2) is 8.42 Å². The molecule has 6 nitrogen and oxygen atoms in total. The summed E-state index contributed by atoms with van der Waals surface area (Å²) in [6, 6.07) is 13.8. The summed E-state index contributed by atoms with van der Waals surface area (Å²) in [5.74, 6) is 0. The van der Waals surface area contributed by atoms with Crippen molar-refractivity contribution in [2.24, 2.45) is 0 Å². The van der Waals surface area contributed by atoms with Gasteiger partial charge in [-0.3, -0.25) is 4.72 Å². The van der Waals surface area contributed by atoms with Crippen LogP contribution >= 0.6 is 0 Å². The van der Waals surface area contributed by atoms with E-state index in [0.717, 1.165) is 0 Å². The van der Waals surface area contributed by atoms with Gasteiger partial charge in [-0.15, -0.1) is 0 Å². The molecule has 0 aliphatic rings. The molecule has 2 aromatic carbocycles. The first-order valence-electron chi connectivity index (χ1n) is 5.79. The Hall–Kier alpha value is -3.03. The van der Waals surface area contributed by atoms with Crippen LogP contribution in [0, 0.1) is 22.7 Å². The van der Waals surface area contributed by atoms with Crippen LogP contribution in [0.1, 0.15) is 11.1 Å². The second-order valence-corrected chi connectivity index (χ2v) is 5.78. The van der Waals surface area contributed by atoms with E-state index >= 15 is 0 Å². The molecule has 21 heavy (non-hydrogen) atoms. The highest BCUT2D eigenvalue weighted by Gasteiger charge is 2.19. The van der Waals surface area contributed by atoms with Crippen molar-refractivity contribution in [3.05, 3.63) is 53.6 Å². The molecule has 104 valence electrons. The summed E-state index contributed by atoms with van der Waals surface area (Å²) >= 11 is 0. The van der Waals surface area contributed by atoms with E-state index in [9.17, 15) is 8.42 Å². The van der Waals surface area contributed by atoms with Crippen molar-refractivity contribution in [1.29, 1.82) is 10.5 Å². The number of nitriles is 2. The van der Waals surface area contributed by atoms with E-state index in [2.05, 4.69) is 4.72 Å². The third-order valence-corrected chi connectivity index (χ3v) is 4.15. The molecule has 0 saturated heterocycles. The standard InChI is InChI=1S/C14H10N4O2S/c15-8-10-5-6-13(12(17)7-10)18-21(19,20)14-4-2-1-3-11(14)9-16/h1-7,18H,17H2. The molecule has 3 N–H and O–H groups in total. The lowest BCUT2D eigenvalue weighted by Crippen LogP contribution is -2.15. The summed E-state index contributed by atoms with van der Waals surface area (Å²) in [7, 11) is -3.93. The van der Waals surface area contributed by atoms with Gasteiger partial charge in [-0.1, -0.05) is 12.1 Å². The Kier molecular flexibility index (Phi) is 3.79. The van der Waals surface area contributed by atoms with Gasteiger partial charge in [-0.05, 0) is 30.3 Å². The lowest BCUT2D eigenvalue weighted by atomic mass is 10.2. The predicted molar refractivity (Wildman–Crippen MR) is 77.5 cm³/mol. The maximum Gasteiger partial charge on any atom is 0.263 e. The number of hydrogen-bond donors (Lipinski definition) is 2. The van der Waals surface area contributed by atoms with Crippen molar-refractivity contribution in [3.63, 3.8) is 0 Å². The molecule has 0 bridgehead atoms. The SMILES string of the molecule is N#Cc1ccc(NS(=O)(=O)c2ccccc2C#N)c(N)c1. The van der Waals surface area contributed by atoms with Gasteiger partial charge in [0.15, 0.2) is 0 Å². The zero-order valence-corrected chi connectivity index (χ0v) is 11.6. The molecular formula is C14H10N4O2S. The molecule has 0 radical (unpaired) electrons. The molecule has 0 fully saturated rings. The van der Waals surface area contributed by atoms with E-state index in [1.54, 1.807) is 6.07 Å². The predicted octanol–water partition coefficient (Wildman–Crippen LogP) is 1.81. The van der Waals surface area contributed by atoms with Crippen molar-refractivity contribution in [2.75, 3.05) is 10.5 Å². The summed E-state index contributed by atoms with van der Waals surface area (Å²) in [6.45, 7) is 0. The third kappa shape index (κ3) is 2.94. The lowest BCUT2D eigenvalue weighted by Gasteiger charge is -2.11. The van der Waals surface area contributed by atoms with Crippen LogP contribution in [0.15, 0.2) is 47.4 Å². The van der Waals surface area contributed by atoms with Crippen molar-refractivity contribution in [1.82, 2.24) is 0 Å². The fourth-order valence-corrected chi connectivity index (χ4v) is 2.96. The molecule has 0 aromatic heterocycles. The maximum atomic E-state index is 12.3. The molecule has 0 aliphatic heterocycles. The Morgan fingerprint density at radius 1 is 1.05 bits per heavy atom. The van der Waals surface area contributed by atoms with Gasteiger partial charge in [0.1, 0.15) is 11.0 Å². The minimum atomic E-state index is -3.93. The quantitative estimate of drug-likeness (QED) is 0.837. The fourth-order valence-electron chi connectivity index (χ4n) is 1.72. The van der Waals surface area contributed by atoms with Crippen molar-refractivity contribution >= 4 is 21.4 Å². The minimum absolute atomic E-state index is 0.0391. The molecular weight excluding hydrogens is 288 g/mol. The van der Waals surface area contributed by atoms with Crippen molar-refractivity contribution < 1.29 is 8.42 Å². The van der Waals surface area contributed by atoms with Crippen LogP contribution in [0.4, 0.5) is 11.4 Å². The number of sulfonamides is 1. The molecule has 0 unspecified atom stereocenters. The number of nitrogens with zero attached hydrogens (tertiary/aromatic N) is 2. The summed E-state index contributed by atoms with van der Waals surface area (Å²) in [5.41, 5.74) is 6.36. The molecule has 0 saturated carbocycles. The second-order valence-electron chi connectivity index (χ2n) is 4.13. The molecule has 2 aromatic rings. The normalized spacial score (nSPS) is 10.4. The first-order valence-corrected chi connectivity index (χ1v) is 7.28. The van der Waals surface area contributed by atoms with Crippen LogP contribution in [0.5, 0.6) is 0 Å². The Morgan fingerprint density at radius 3 is 2.38 bits per heavy atom. The largest absolute Gasteiger partial charge is 0.397 e. The van der Waals surface area contributed by atoms with E-state index in [-0.39, 0.29) is 21.8 Å². The number of rotatable bonds is 3. The topological polar surface area (TPSA) is 120 Å². The number of nitrogens with two attached hydrogens (primary N) is 1. The monoisotopic (exact) mass is 298 g/mol. The van der Waals surface area contributed by atoms with E-state index in [4.69, 9.17) is 16.3 Å². The molecule has 0 atom stereocenters. The first kappa shape index (κ1) is 14.4. The molecule has 2 rings (SSSR count). The highest BCUT2D eigenvalue weighted by molar-refractivity contribution is 7.92. The van der Waals surface area contributed by atoms with Gasteiger partial charge in [0.2, 0.25) is 0 Å². The first-order chi connectivity index (χ1) is 9.97. The second kappa shape index (κ2) is 5.53. The highest BCUT2D eigenvalue weighted by atomic mass is 32.2. The summed E-state index contributed by atoms with van der Waals surface area (Å²) < 4.78 is 26.9. The number of nitrogens with one attached hydrogen (secondary N) is 1. The zero-order valence-electron chi connectivity index (χ0n) is 10.7. The smallest absolute Gasteiger partial charge is 0.263 e. The summed E-state index contributed by atoms with van der Waals surface area (Å²) in [5, 5.41) is 17.7. The molecule has 0 aliphatic carbocycles. The number of nitrogen functional groups attached to an aromatic ring is 1. The number of anilines is 2.